The molecule has 1 N–H and O–H groups in total. The summed E-state index contributed by atoms with van der Waals surface area (Å²) >= 11 is 0. The second-order valence-corrected chi connectivity index (χ2v) is 4.52. The number of nitrogens with zero attached hydrogens (tertiary/aromatic N) is 2. The van der Waals surface area contributed by atoms with Crippen molar-refractivity contribution in [2.24, 2.45) is 7.05 Å². The Morgan fingerprint density at radius 2 is 2.17 bits per heavy atom. The lowest BCUT2D eigenvalue weighted by Crippen LogP contribution is -2.24. The van der Waals surface area contributed by atoms with Gasteiger partial charge in [-0.25, -0.2) is 0 Å². The second kappa shape index (κ2) is 4.46. The van der Waals surface area contributed by atoms with Crippen LogP contribution in [0.1, 0.15) is 11.3 Å². The molecular weight excluding hydrogens is 226 g/mol. The van der Waals surface area contributed by atoms with Crippen molar-refractivity contribution in [2.75, 3.05) is 13.7 Å². The van der Waals surface area contributed by atoms with Crippen LogP contribution >= 0.6 is 0 Å². The molecule has 2 aromatic rings. The van der Waals surface area contributed by atoms with Crippen molar-refractivity contribution in [3.8, 4) is 17.0 Å². The maximum Gasteiger partial charge on any atom is 0.128 e. The molecule has 3 rings (SSSR count). The molecule has 0 amide bonds. The minimum Gasteiger partial charge on any atom is -0.496 e. The maximum atomic E-state index is 5.44. The highest BCUT2D eigenvalue weighted by molar-refractivity contribution is 5.71. The van der Waals surface area contributed by atoms with E-state index in [0.29, 0.717) is 0 Å². The molecule has 1 aromatic carbocycles. The van der Waals surface area contributed by atoms with E-state index in [4.69, 9.17) is 4.74 Å². The van der Waals surface area contributed by atoms with Crippen LogP contribution in [0.2, 0.25) is 0 Å². The van der Waals surface area contributed by atoms with Crippen molar-refractivity contribution in [1.82, 2.24) is 15.1 Å². The van der Waals surface area contributed by atoms with Crippen LogP contribution < -0.4 is 10.1 Å². The summed E-state index contributed by atoms with van der Waals surface area (Å²) in [4.78, 5) is 0. The van der Waals surface area contributed by atoms with E-state index in [1.54, 1.807) is 7.11 Å². The average Bonchev–Trinajstić information content (AvgIpc) is 2.77. The van der Waals surface area contributed by atoms with Crippen molar-refractivity contribution < 1.29 is 4.74 Å². The first-order valence-electron chi connectivity index (χ1n) is 6.20. The largest absolute Gasteiger partial charge is 0.496 e. The van der Waals surface area contributed by atoms with E-state index in [0.717, 1.165) is 36.5 Å². The summed E-state index contributed by atoms with van der Waals surface area (Å²) in [7, 11) is 3.71. The Morgan fingerprint density at radius 3 is 3.00 bits per heavy atom. The van der Waals surface area contributed by atoms with Gasteiger partial charge in [-0.1, -0.05) is 12.1 Å². The maximum absolute atomic E-state index is 5.44. The van der Waals surface area contributed by atoms with Gasteiger partial charge in [-0.3, -0.25) is 4.68 Å². The Balaban J connectivity index is 2.17. The Morgan fingerprint density at radius 1 is 1.33 bits per heavy atom. The molecule has 0 unspecified atom stereocenters. The van der Waals surface area contributed by atoms with E-state index < -0.39 is 0 Å². The van der Waals surface area contributed by atoms with Gasteiger partial charge in [0, 0.05) is 24.7 Å². The number of aryl methyl sites for hydroxylation is 1. The fraction of sp³-hybridized carbons (Fsp3) is 0.357. The lowest BCUT2D eigenvalue weighted by atomic mass is 10.0. The zero-order chi connectivity index (χ0) is 12.5. The van der Waals surface area contributed by atoms with Crippen LogP contribution in [0.3, 0.4) is 0 Å². The number of hydrogen-bond donors (Lipinski definition) is 1. The zero-order valence-electron chi connectivity index (χ0n) is 10.7. The van der Waals surface area contributed by atoms with Crippen LogP contribution in [0.25, 0.3) is 11.3 Å². The monoisotopic (exact) mass is 243 g/mol. The van der Waals surface area contributed by atoms with Crippen LogP contribution in [0.4, 0.5) is 0 Å². The molecule has 0 atom stereocenters. The van der Waals surface area contributed by atoms with Gasteiger partial charge in [0.25, 0.3) is 0 Å². The van der Waals surface area contributed by atoms with E-state index in [9.17, 15) is 0 Å². The number of fused-ring (bicyclic) bond motifs is 1. The van der Waals surface area contributed by atoms with Crippen molar-refractivity contribution in [3.05, 3.63) is 35.5 Å². The van der Waals surface area contributed by atoms with Crippen molar-refractivity contribution in [2.45, 2.75) is 13.0 Å². The van der Waals surface area contributed by atoms with Crippen molar-refractivity contribution >= 4 is 0 Å². The minimum absolute atomic E-state index is 0.886. The number of rotatable bonds is 2. The first-order valence-corrected chi connectivity index (χ1v) is 6.20. The summed E-state index contributed by atoms with van der Waals surface area (Å²) < 4.78 is 7.41. The molecule has 1 aliphatic heterocycles. The van der Waals surface area contributed by atoms with Crippen LogP contribution in [-0.4, -0.2) is 23.4 Å². The Hall–Kier alpha value is -1.81. The van der Waals surface area contributed by atoms with Gasteiger partial charge >= 0.3 is 0 Å². The quantitative estimate of drug-likeness (QED) is 0.873. The molecule has 0 bridgehead atoms. The molecule has 0 fully saturated rings. The van der Waals surface area contributed by atoms with E-state index in [1.807, 2.05) is 29.9 Å². The highest BCUT2D eigenvalue weighted by atomic mass is 16.5. The molecule has 0 radical (unpaired) electrons. The molecule has 0 saturated heterocycles. The SMILES string of the molecule is COc1ccccc1-c1nn(C)c2c1CCNC2. The fourth-order valence-corrected chi connectivity index (χ4v) is 2.56. The van der Waals surface area contributed by atoms with Gasteiger partial charge in [-0.2, -0.15) is 5.10 Å². The predicted octanol–water partition coefficient (Wildman–Crippen LogP) is 1.74. The molecule has 1 aliphatic rings. The Labute approximate surface area is 107 Å². The number of para-hydroxylation sites is 1. The topological polar surface area (TPSA) is 39.1 Å². The van der Waals surface area contributed by atoms with Crippen molar-refractivity contribution in [3.63, 3.8) is 0 Å². The number of nitrogens with one attached hydrogen (secondary N) is 1. The number of ether oxygens (including phenoxy) is 1. The second-order valence-electron chi connectivity index (χ2n) is 4.52. The van der Waals surface area contributed by atoms with Crippen LogP contribution in [0.15, 0.2) is 24.3 Å². The van der Waals surface area contributed by atoms with Crippen LogP contribution in [0.5, 0.6) is 5.75 Å². The third-order valence-corrected chi connectivity index (χ3v) is 3.48. The number of benzene rings is 1. The number of methoxy groups -OCH3 is 1. The van der Waals surface area contributed by atoms with Crippen LogP contribution in [-0.2, 0) is 20.0 Å². The summed E-state index contributed by atoms with van der Waals surface area (Å²) in [5.74, 6) is 0.886. The molecule has 4 nitrogen and oxygen atoms in total. The molecule has 4 heteroatoms. The van der Waals surface area contributed by atoms with Crippen LogP contribution in [0, 0.1) is 0 Å². The Bertz CT molecular complexity index is 574. The lowest BCUT2D eigenvalue weighted by Gasteiger charge is -2.14. The standard InChI is InChI=1S/C14H17N3O/c1-17-12-9-15-8-7-10(12)14(16-17)11-5-3-4-6-13(11)18-2/h3-6,15H,7-9H2,1-2H3. The summed E-state index contributed by atoms with van der Waals surface area (Å²) in [6.45, 7) is 1.91. The summed E-state index contributed by atoms with van der Waals surface area (Å²) in [5.41, 5.74) is 4.77. The minimum atomic E-state index is 0.886. The van der Waals surface area contributed by atoms with Gasteiger partial charge in [0.15, 0.2) is 0 Å². The summed E-state index contributed by atoms with van der Waals surface area (Å²) in [5, 5.41) is 8.05. The Kier molecular flexibility index (Phi) is 2.80. The highest BCUT2D eigenvalue weighted by Gasteiger charge is 2.21. The molecular formula is C14H17N3O. The number of aromatic nitrogens is 2. The fourth-order valence-electron chi connectivity index (χ4n) is 2.56. The van der Waals surface area contributed by atoms with Gasteiger partial charge in [-0.15, -0.1) is 0 Å². The summed E-state index contributed by atoms with van der Waals surface area (Å²) in [6.07, 6.45) is 1.02. The van der Waals surface area contributed by atoms with Gasteiger partial charge in [0.1, 0.15) is 5.75 Å². The summed E-state index contributed by atoms with van der Waals surface area (Å²) in [6, 6.07) is 8.07. The van der Waals surface area contributed by atoms with Gasteiger partial charge in [-0.05, 0) is 25.1 Å². The molecule has 0 spiro atoms. The van der Waals surface area contributed by atoms with Gasteiger partial charge in [0.2, 0.25) is 0 Å². The smallest absolute Gasteiger partial charge is 0.128 e. The van der Waals surface area contributed by atoms with Crippen molar-refractivity contribution in [1.29, 1.82) is 0 Å². The molecule has 18 heavy (non-hydrogen) atoms. The third-order valence-electron chi connectivity index (χ3n) is 3.48. The third kappa shape index (κ3) is 1.69. The van der Waals surface area contributed by atoms with Gasteiger partial charge in [0.05, 0.1) is 18.5 Å². The van der Waals surface area contributed by atoms with E-state index in [2.05, 4.69) is 16.5 Å². The predicted molar refractivity (Wildman–Crippen MR) is 70.6 cm³/mol. The molecule has 0 aliphatic carbocycles. The highest BCUT2D eigenvalue weighted by Crippen LogP contribution is 2.33. The molecule has 94 valence electrons. The zero-order valence-corrected chi connectivity index (χ0v) is 10.7. The average molecular weight is 243 g/mol. The van der Waals surface area contributed by atoms with Gasteiger partial charge < -0.3 is 10.1 Å². The molecule has 0 saturated carbocycles. The van der Waals surface area contributed by atoms with E-state index >= 15 is 0 Å². The normalized spacial score (nSPS) is 14.3. The number of hydrogen-bond acceptors (Lipinski definition) is 3. The van der Waals surface area contributed by atoms with E-state index in [-0.39, 0.29) is 0 Å². The lowest BCUT2D eigenvalue weighted by molar-refractivity contribution is 0.416. The molecule has 1 aromatic heterocycles. The molecule has 2 heterocycles. The first kappa shape index (κ1) is 11.3. The first-order chi connectivity index (χ1) is 8.81. The van der Waals surface area contributed by atoms with E-state index in [1.165, 1.54) is 11.3 Å².